The van der Waals surface area contributed by atoms with Crippen LogP contribution in [0.3, 0.4) is 0 Å². The van der Waals surface area contributed by atoms with Gasteiger partial charge in [0.25, 0.3) is 0 Å². The van der Waals surface area contributed by atoms with E-state index in [1.165, 1.54) is 12.8 Å². The van der Waals surface area contributed by atoms with E-state index in [0.717, 1.165) is 36.5 Å². The Morgan fingerprint density at radius 1 is 1.35 bits per heavy atom. The van der Waals surface area contributed by atoms with Crippen LogP contribution < -0.4 is 5.32 Å². The molecule has 2 nitrogen and oxygen atoms in total. The van der Waals surface area contributed by atoms with Crippen LogP contribution in [0.4, 0.5) is 0 Å². The molecule has 17 heavy (non-hydrogen) atoms. The van der Waals surface area contributed by atoms with Gasteiger partial charge in [0.05, 0.1) is 6.26 Å². The molecule has 0 bridgehead atoms. The smallest absolute Gasteiger partial charge is 0.103 e. The number of hydrogen-bond donors (Lipinski definition) is 1. The van der Waals surface area contributed by atoms with Gasteiger partial charge in [-0.15, -0.1) is 0 Å². The minimum absolute atomic E-state index is 0.596. The summed E-state index contributed by atoms with van der Waals surface area (Å²) in [6.07, 6.45) is 6.69. The fourth-order valence-corrected chi connectivity index (χ4v) is 2.64. The van der Waals surface area contributed by atoms with E-state index < -0.39 is 0 Å². The van der Waals surface area contributed by atoms with Crippen LogP contribution in [0.2, 0.25) is 0 Å². The zero-order valence-corrected chi connectivity index (χ0v) is 11.3. The number of rotatable bonds is 6. The van der Waals surface area contributed by atoms with Gasteiger partial charge in [0, 0.05) is 18.5 Å². The number of furan rings is 1. The van der Waals surface area contributed by atoms with Gasteiger partial charge < -0.3 is 9.73 Å². The van der Waals surface area contributed by atoms with Gasteiger partial charge in [0.1, 0.15) is 5.76 Å². The van der Waals surface area contributed by atoms with E-state index in [9.17, 15) is 0 Å². The highest BCUT2D eigenvalue weighted by Gasteiger charge is 2.31. The summed E-state index contributed by atoms with van der Waals surface area (Å²) in [6, 6.07) is 5.38. The minimum atomic E-state index is 0.596. The summed E-state index contributed by atoms with van der Waals surface area (Å²) >= 11 is 0. The van der Waals surface area contributed by atoms with Gasteiger partial charge in [-0.05, 0) is 50.2 Å². The first-order valence-electron chi connectivity index (χ1n) is 6.93. The van der Waals surface area contributed by atoms with E-state index in [0.29, 0.717) is 6.04 Å². The second kappa shape index (κ2) is 5.72. The molecular weight excluding hydrogens is 210 g/mol. The maximum atomic E-state index is 5.35. The Hall–Kier alpha value is -0.760. The van der Waals surface area contributed by atoms with Crippen LogP contribution in [0.5, 0.6) is 0 Å². The van der Waals surface area contributed by atoms with E-state index in [1.54, 1.807) is 6.26 Å². The second-order valence-corrected chi connectivity index (χ2v) is 5.86. The normalized spacial score (nSPS) is 25.9. The topological polar surface area (TPSA) is 25.2 Å². The molecule has 1 saturated carbocycles. The summed E-state index contributed by atoms with van der Waals surface area (Å²) in [4.78, 5) is 0. The lowest BCUT2D eigenvalue weighted by Crippen LogP contribution is -2.46. The van der Waals surface area contributed by atoms with Crippen molar-refractivity contribution in [2.24, 2.45) is 11.8 Å². The molecule has 0 amide bonds. The highest BCUT2D eigenvalue weighted by atomic mass is 16.3. The summed E-state index contributed by atoms with van der Waals surface area (Å²) in [5.74, 6) is 2.91. The van der Waals surface area contributed by atoms with Gasteiger partial charge in [0.2, 0.25) is 0 Å². The third kappa shape index (κ3) is 3.60. The molecule has 1 aliphatic rings. The lowest BCUT2D eigenvalue weighted by atomic mass is 9.73. The molecule has 1 aromatic heterocycles. The molecule has 1 heterocycles. The van der Waals surface area contributed by atoms with Crippen LogP contribution in [-0.4, -0.2) is 12.1 Å². The maximum Gasteiger partial charge on any atom is 0.103 e. The zero-order valence-electron chi connectivity index (χ0n) is 11.3. The van der Waals surface area contributed by atoms with E-state index >= 15 is 0 Å². The van der Waals surface area contributed by atoms with Gasteiger partial charge in [-0.25, -0.2) is 0 Å². The Morgan fingerprint density at radius 2 is 2.12 bits per heavy atom. The summed E-state index contributed by atoms with van der Waals surface area (Å²) in [7, 11) is 0. The molecule has 1 aliphatic carbocycles. The molecule has 0 radical (unpaired) electrons. The molecule has 2 heteroatoms. The fraction of sp³-hybridized carbons (Fsp3) is 0.733. The zero-order chi connectivity index (χ0) is 12.3. The Labute approximate surface area is 105 Å². The molecule has 1 N–H and O–H groups in total. The molecule has 1 atom stereocenters. The Morgan fingerprint density at radius 3 is 2.71 bits per heavy atom. The molecule has 1 unspecified atom stereocenters. The van der Waals surface area contributed by atoms with Crippen LogP contribution in [0.15, 0.2) is 22.8 Å². The van der Waals surface area contributed by atoms with E-state index in [-0.39, 0.29) is 0 Å². The maximum absolute atomic E-state index is 5.35. The highest BCUT2D eigenvalue weighted by molar-refractivity contribution is 4.98. The quantitative estimate of drug-likeness (QED) is 0.814. The van der Waals surface area contributed by atoms with Crippen molar-refractivity contribution in [3.8, 4) is 0 Å². The Bertz CT molecular complexity index is 312. The predicted octanol–water partition coefficient (Wildman–Crippen LogP) is 3.62. The summed E-state index contributed by atoms with van der Waals surface area (Å²) in [5, 5.41) is 3.72. The highest BCUT2D eigenvalue weighted by Crippen LogP contribution is 2.33. The average molecular weight is 235 g/mol. The first-order valence-corrected chi connectivity index (χ1v) is 6.93. The number of nitrogens with one attached hydrogen (secondary N) is 1. The molecule has 0 spiro atoms. The number of hydrogen-bond acceptors (Lipinski definition) is 2. The molecule has 1 aromatic rings. The third-order valence-corrected chi connectivity index (χ3v) is 4.04. The van der Waals surface area contributed by atoms with Crippen LogP contribution in [0.1, 0.15) is 45.8 Å². The van der Waals surface area contributed by atoms with Crippen LogP contribution in [-0.2, 0) is 6.42 Å². The molecule has 0 aliphatic heterocycles. The van der Waals surface area contributed by atoms with E-state index in [2.05, 4.69) is 32.2 Å². The lowest BCUT2D eigenvalue weighted by molar-refractivity contribution is 0.157. The first-order chi connectivity index (χ1) is 8.15. The van der Waals surface area contributed by atoms with Crippen molar-refractivity contribution < 1.29 is 4.42 Å². The van der Waals surface area contributed by atoms with Crippen molar-refractivity contribution in [2.45, 2.75) is 58.5 Å². The second-order valence-electron chi connectivity index (χ2n) is 5.86. The Balaban J connectivity index is 1.60. The lowest BCUT2D eigenvalue weighted by Gasteiger charge is -2.40. The summed E-state index contributed by atoms with van der Waals surface area (Å²) in [5.41, 5.74) is 0. The predicted molar refractivity (Wildman–Crippen MR) is 71.0 cm³/mol. The van der Waals surface area contributed by atoms with E-state index in [1.807, 2.05) is 6.07 Å². The molecular formula is C15H25NO. The van der Waals surface area contributed by atoms with Crippen molar-refractivity contribution in [3.63, 3.8) is 0 Å². The molecule has 0 aromatic carbocycles. The van der Waals surface area contributed by atoms with Crippen molar-refractivity contribution in [1.29, 1.82) is 0 Å². The molecule has 2 rings (SSSR count). The largest absolute Gasteiger partial charge is 0.469 e. The monoisotopic (exact) mass is 235 g/mol. The third-order valence-electron chi connectivity index (χ3n) is 4.04. The summed E-state index contributed by atoms with van der Waals surface area (Å²) in [6.45, 7) is 6.95. The Kier molecular flexibility index (Phi) is 4.27. The first kappa shape index (κ1) is 12.7. The average Bonchev–Trinajstić information content (AvgIpc) is 2.72. The van der Waals surface area contributed by atoms with Crippen LogP contribution >= 0.6 is 0 Å². The standard InChI is InChI=1S/C15H25NO/c1-11(2)13-9-14(10-13)16-12(3)6-7-15-5-4-8-17-15/h4-5,8,11-14,16H,6-7,9-10H2,1-3H3. The van der Waals surface area contributed by atoms with Gasteiger partial charge in [0.15, 0.2) is 0 Å². The fourth-order valence-electron chi connectivity index (χ4n) is 2.64. The summed E-state index contributed by atoms with van der Waals surface area (Å²) < 4.78 is 5.35. The van der Waals surface area contributed by atoms with Gasteiger partial charge >= 0.3 is 0 Å². The SMILES string of the molecule is CC(CCc1ccco1)NC1CC(C(C)C)C1. The van der Waals surface area contributed by atoms with Gasteiger partial charge in [-0.1, -0.05) is 13.8 Å². The molecule has 0 saturated heterocycles. The van der Waals surface area contributed by atoms with Crippen LogP contribution in [0, 0.1) is 11.8 Å². The van der Waals surface area contributed by atoms with Gasteiger partial charge in [-0.2, -0.15) is 0 Å². The molecule has 96 valence electrons. The van der Waals surface area contributed by atoms with Crippen molar-refractivity contribution in [1.82, 2.24) is 5.32 Å². The molecule has 1 fully saturated rings. The van der Waals surface area contributed by atoms with E-state index in [4.69, 9.17) is 4.42 Å². The van der Waals surface area contributed by atoms with Crippen molar-refractivity contribution in [3.05, 3.63) is 24.2 Å². The van der Waals surface area contributed by atoms with Crippen LogP contribution in [0.25, 0.3) is 0 Å². The number of aryl methyl sites for hydroxylation is 1. The minimum Gasteiger partial charge on any atom is -0.469 e. The van der Waals surface area contributed by atoms with Crippen molar-refractivity contribution >= 4 is 0 Å². The van der Waals surface area contributed by atoms with Gasteiger partial charge in [-0.3, -0.25) is 0 Å². The van der Waals surface area contributed by atoms with Crippen molar-refractivity contribution in [2.75, 3.05) is 0 Å².